The van der Waals surface area contributed by atoms with E-state index in [0.29, 0.717) is 17.2 Å². The second-order valence-electron chi connectivity index (χ2n) is 10.8. The van der Waals surface area contributed by atoms with Crippen LogP contribution in [-0.2, 0) is 14.3 Å². The molecule has 6 rings (SSSR count). The molecule has 11 heteroatoms. The number of urea groups is 1. The summed E-state index contributed by atoms with van der Waals surface area (Å²) in [6.45, 7) is 7.59. The lowest BCUT2D eigenvalue weighted by atomic mass is 9.86. The molecule has 5 aliphatic rings. The van der Waals surface area contributed by atoms with E-state index in [1.807, 2.05) is 30.0 Å². The van der Waals surface area contributed by atoms with Gasteiger partial charge in [0.1, 0.15) is 11.9 Å². The fraction of sp³-hybridized carbons (Fsp3) is 0.536. The highest BCUT2D eigenvalue weighted by molar-refractivity contribution is 8.04. The zero-order valence-electron chi connectivity index (χ0n) is 22.0. The zero-order valence-corrected chi connectivity index (χ0v) is 22.9. The number of benzene rings is 1. The van der Waals surface area contributed by atoms with E-state index in [9.17, 15) is 14.4 Å². The first-order valence-corrected chi connectivity index (χ1v) is 14.6. The molecule has 1 aromatic carbocycles. The van der Waals surface area contributed by atoms with Crippen molar-refractivity contribution in [3.63, 3.8) is 0 Å². The van der Waals surface area contributed by atoms with Crippen molar-refractivity contribution in [2.75, 3.05) is 24.7 Å². The minimum atomic E-state index is -0.237. The molecule has 1 aliphatic carbocycles. The number of rotatable bonds is 7. The average molecular weight is 554 g/mol. The quantitative estimate of drug-likeness (QED) is 0.383. The van der Waals surface area contributed by atoms with Crippen LogP contribution in [0.3, 0.4) is 0 Å². The van der Waals surface area contributed by atoms with E-state index in [1.165, 1.54) is 17.8 Å². The van der Waals surface area contributed by atoms with Gasteiger partial charge in [-0.25, -0.2) is 4.79 Å². The Hall–Kier alpha value is -3.02. The number of nitrogens with zero attached hydrogens (tertiary/aromatic N) is 1. The number of aryl methyl sites for hydroxylation is 1. The molecule has 0 aromatic heterocycles. The first-order valence-electron chi connectivity index (χ1n) is 13.8. The second-order valence-corrected chi connectivity index (χ2v) is 12.0. The van der Waals surface area contributed by atoms with Crippen molar-refractivity contribution in [3.05, 3.63) is 47.0 Å². The molecule has 10 nitrogen and oxygen atoms in total. The van der Waals surface area contributed by atoms with Crippen LogP contribution >= 0.6 is 11.8 Å². The maximum Gasteiger partial charge on any atom is 0.326 e. The summed E-state index contributed by atoms with van der Waals surface area (Å²) >= 11 is 1.49. The molecule has 0 radical (unpaired) electrons. The van der Waals surface area contributed by atoms with Gasteiger partial charge >= 0.3 is 6.03 Å². The molecule has 4 N–H and O–H groups in total. The van der Waals surface area contributed by atoms with Gasteiger partial charge in [0.2, 0.25) is 5.91 Å². The number of carbonyl (C=O) groups excluding carboxylic acids is 3. The number of amides is 4. The van der Waals surface area contributed by atoms with Crippen LogP contribution in [0.1, 0.15) is 37.7 Å². The highest BCUT2D eigenvalue weighted by atomic mass is 32.2. The summed E-state index contributed by atoms with van der Waals surface area (Å²) in [5.41, 5.74) is 2.51. The van der Waals surface area contributed by atoms with E-state index < -0.39 is 0 Å². The van der Waals surface area contributed by atoms with E-state index in [4.69, 9.17) is 9.47 Å². The summed E-state index contributed by atoms with van der Waals surface area (Å²) in [6, 6.07) is 5.28. The third-order valence-corrected chi connectivity index (χ3v) is 9.67. The summed E-state index contributed by atoms with van der Waals surface area (Å²) in [5, 5.41) is 12.7. The van der Waals surface area contributed by atoms with Crippen LogP contribution in [0.2, 0.25) is 0 Å². The number of hydrogen-bond acceptors (Lipinski definition) is 7. The number of anilines is 1. The van der Waals surface area contributed by atoms with E-state index in [1.54, 1.807) is 0 Å². The molecule has 3 saturated heterocycles. The van der Waals surface area contributed by atoms with E-state index in [2.05, 4.69) is 27.8 Å². The van der Waals surface area contributed by atoms with Crippen molar-refractivity contribution in [1.82, 2.24) is 21.3 Å². The van der Waals surface area contributed by atoms with Crippen LogP contribution in [0.15, 0.2) is 41.5 Å². The standard InChI is InChI=1S/C28H35N5O5S/c1-3-22(34)30-18-5-4-6-19(18)31-26(35)25-24-23-21(9-11-29-27(23)39-25)33(28(36)32-24)20-8-7-16(13-15(20)2)38-17-10-12-37-14-17/h3,7-8,13,17-19,21,23,27,29H,1,4-6,9-12,14H2,2H3,(H,30,34)(H,31,35)(H,32,36)/t17-,18+,19-,21?,23?,27?/m1/s1. The van der Waals surface area contributed by atoms with E-state index in [-0.39, 0.29) is 53.4 Å². The first-order chi connectivity index (χ1) is 18.9. The van der Waals surface area contributed by atoms with Crippen molar-refractivity contribution in [3.8, 4) is 5.75 Å². The van der Waals surface area contributed by atoms with Gasteiger partial charge in [0.15, 0.2) is 0 Å². The first kappa shape index (κ1) is 26.2. The third kappa shape index (κ3) is 5.03. The second kappa shape index (κ2) is 10.9. The van der Waals surface area contributed by atoms with Gasteiger partial charge in [0.05, 0.1) is 29.5 Å². The van der Waals surface area contributed by atoms with Gasteiger partial charge < -0.3 is 30.7 Å². The van der Waals surface area contributed by atoms with Gasteiger partial charge in [-0.05, 0) is 69.0 Å². The minimum Gasteiger partial charge on any atom is -0.488 e. The lowest BCUT2D eigenvalue weighted by Gasteiger charge is -2.46. The van der Waals surface area contributed by atoms with Crippen LogP contribution in [0.25, 0.3) is 0 Å². The summed E-state index contributed by atoms with van der Waals surface area (Å²) in [6.07, 6.45) is 5.49. The van der Waals surface area contributed by atoms with Crippen molar-refractivity contribution in [2.45, 2.75) is 68.6 Å². The average Bonchev–Trinajstić information content (AvgIpc) is 3.67. The van der Waals surface area contributed by atoms with Gasteiger partial charge in [0.25, 0.3) is 5.91 Å². The summed E-state index contributed by atoms with van der Waals surface area (Å²) < 4.78 is 11.5. The van der Waals surface area contributed by atoms with Gasteiger partial charge in [-0.1, -0.05) is 18.3 Å². The van der Waals surface area contributed by atoms with Crippen LogP contribution in [0, 0.1) is 12.8 Å². The summed E-state index contributed by atoms with van der Waals surface area (Å²) in [7, 11) is 0. The molecule has 4 fully saturated rings. The van der Waals surface area contributed by atoms with Gasteiger partial charge in [-0.15, -0.1) is 0 Å². The van der Waals surface area contributed by atoms with Crippen molar-refractivity contribution in [2.24, 2.45) is 5.92 Å². The number of ether oxygens (including phenoxy) is 2. The normalized spacial score (nSPS) is 31.5. The predicted molar refractivity (Wildman–Crippen MR) is 148 cm³/mol. The Morgan fingerprint density at radius 3 is 2.77 bits per heavy atom. The third-order valence-electron chi connectivity index (χ3n) is 8.31. The molecule has 1 saturated carbocycles. The largest absolute Gasteiger partial charge is 0.488 e. The summed E-state index contributed by atoms with van der Waals surface area (Å²) in [5.74, 6) is 0.307. The predicted octanol–water partition coefficient (Wildman–Crippen LogP) is 2.29. The fourth-order valence-corrected chi connectivity index (χ4v) is 7.85. The number of hydrogen-bond donors (Lipinski definition) is 4. The molecule has 39 heavy (non-hydrogen) atoms. The minimum absolute atomic E-state index is 0.00674. The van der Waals surface area contributed by atoms with Crippen LogP contribution in [0.5, 0.6) is 5.75 Å². The molecule has 3 unspecified atom stereocenters. The zero-order chi connectivity index (χ0) is 27.1. The monoisotopic (exact) mass is 553 g/mol. The van der Waals surface area contributed by atoms with Crippen molar-refractivity contribution in [1.29, 1.82) is 0 Å². The van der Waals surface area contributed by atoms with E-state index >= 15 is 0 Å². The van der Waals surface area contributed by atoms with Crippen molar-refractivity contribution < 1.29 is 23.9 Å². The molecule has 4 heterocycles. The number of thioether (sulfide) groups is 1. The maximum atomic E-state index is 13.6. The lowest BCUT2D eigenvalue weighted by molar-refractivity contribution is -0.119. The topological polar surface area (TPSA) is 121 Å². The maximum absolute atomic E-state index is 13.6. The number of nitrogens with one attached hydrogen (secondary N) is 4. The molecule has 208 valence electrons. The molecule has 4 amide bonds. The SMILES string of the molecule is C=CC(=O)N[C@H]1CCC[C@H]1NC(=O)C1=C2NC(=O)N(c3ccc(O[C@@H]4CCOC4)cc3C)C3CCNC(S1)C23. The lowest BCUT2D eigenvalue weighted by Crippen LogP contribution is -2.62. The molecule has 6 atom stereocenters. The van der Waals surface area contributed by atoms with Gasteiger partial charge in [0, 0.05) is 35.8 Å². The highest BCUT2D eigenvalue weighted by Crippen LogP contribution is 2.48. The number of carbonyl (C=O) groups is 3. The Balaban J connectivity index is 1.21. The molecular formula is C28H35N5O5S. The smallest absolute Gasteiger partial charge is 0.326 e. The molecular weight excluding hydrogens is 518 g/mol. The molecule has 4 aliphatic heterocycles. The number of piperidine rings is 1. The highest BCUT2D eigenvalue weighted by Gasteiger charge is 2.52. The Bertz CT molecular complexity index is 1210. The van der Waals surface area contributed by atoms with Crippen LogP contribution in [0.4, 0.5) is 10.5 Å². The Morgan fingerprint density at radius 2 is 2.03 bits per heavy atom. The Labute approximate surface area is 232 Å². The van der Waals surface area contributed by atoms with Crippen LogP contribution < -0.4 is 30.9 Å². The molecule has 0 spiro atoms. The Kier molecular flexibility index (Phi) is 7.30. The fourth-order valence-electron chi connectivity index (χ4n) is 6.45. The van der Waals surface area contributed by atoms with Gasteiger partial charge in [-0.3, -0.25) is 14.5 Å². The van der Waals surface area contributed by atoms with Crippen LogP contribution in [-0.4, -0.2) is 67.2 Å². The van der Waals surface area contributed by atoms with Gasteiger partial charge in [-0.2, -0.15) is 0 Å². The Morgan fingerprint density at radius 1 is 1.21 bits per heavy atom. The van der Waals surface area contributed by atoms with Crippen molar-refractivity contribution >= 4 is 35.3 Å². The summed E-state index contributed by atoms with van der Waals surface area (Å²) in [4.78, 5) is 41.3. The molecule has 0 bridgehead atoms. The molecule has 1 aromatic rings. The van der Waals surface area contributed by atoms with E-state index in [0.717, 1.165) is 62.3 Å².